The quantitative estimate of drug-likeness (QED) is 0.649. The lowest BCUT2D eigenvalue weighted by molar-refractivity contribution is 0.177. The van der Waals surface area contributed by atoms with Crippen molar-refractivity contribution in [1.82, 2.24) is 9.55 Å². The molecule has 0 fully saturated rings. The van der Waals surface area contributed by atoms with Crippen molar-refractivity contribution in [2.75, 3.05) is 24.2 Å². The van der Waals surface area contributed by atoms with Crippen molar-refractivity contribution >= 4 is 11.5 Å². The zero-order valence-corrected chi connectivity index (χ0v) is 10.9. The van der Waals surface area contributed by atoms with Gasteiger partial charge in [0.2, 0.25) is 0 Å². The molecule has 0 saturated heterocycles. The van der Waals surface area contributed by atoms with Crippen LogP contribution >= 0.6 is 0 Å². The molecule has 4 N–H and O–H groups in total. The van der Waals surface area contributed by atoms with E-state index >= 15 is 0 Å². The molecule has 1 aromatic heterocycles. The van der Waals surface area contributed by atoms with Gasteiger partial charge in [-0.1, -0.05) is 6.92 Å². The molecule has 0 amide bonds. The first-order valence-electron chi connectivity index (χ1n) is 5.94. The van der Waals surface area contributed by atoms with Gasteiger partial charge in [-0.15, -0.1) is 0 Å². The lowest BCUT2D eigenvalue weighted by Crippen LogP contribution is -2.39. The van der Waals surface area contributed by atoms with E-state index in [4.69, 9.17) is 5.73 Å². The first-order chi connectivity index (χ1) is 8.42. The number of likely N-dealkylation sites (N-methyl/N-ethyl adjacent to an activating group) is 1. The number of H-pyrrole nitrogens is 1. The first-order valence-corrected chi connectivity index (χ1v) is 5.94. The topological polar surface area (TPSA) is 104 Å². The number of aliphatic hydroxyl groups is 1. The van der Waals surface area contributed by atoms with Crippen molar-refractivity contribution < 1.29 is 5.11 Å². The molecule has 0 aliphatic rings. The summed E-state index contributed by atoms with van der Waals surface area (Å²) >= 11 is 0. The predicted molar refractivity (Wildman–Crippen MR) is 71.0 cm³/mol. The van der Waals surface area contributed by atoms with Gasteiger partial charge in [-0.3, -0.25) is 14.3 Å². The lowest BCUT2D eigenvalue weighted by Gasteiger charge is -2.23. The molecular weight excluding hydrogens is 236 g/mol. The van der Waals surface area contributed by atoms with Gasteiger partial charge in [0.15, 0.2) is 0 Å². The molecule has 7 heteroatoms. The smallest absolute Gasteiger partial charge is 0.330 e. The molecule has 102 valence electrons. The first kappa shape index (κ1) is 14.3. The average molecular weight is 256 g/mol. The molecule has 1 heterocycles. The third-order valence-electron chi connectivity index (χ3n) is 2.87. The van der Waals surface area contributed by atoms with Crippen LogP contribution in [-0.2, 0) is 6.54 Å². The highest BCUT2D eigenvalue weighted by atomic mass is 16.3. The number of nitrogens with two attached hydrogens (primary N) is 1. The summed E-state index contributed by atoms with van der Waals surface area (Å²) in [6.45, 7) is 4.27. The van der Waals surface area contributed by atoms with Gasteiger partial charge < -0.3 is 15.7 Å². The number of rotatable bonds is 5. The number of nitrogen functional groups attached to an aromatic ring is 1. The SMILES string of the molecule is CC[C@@H](O)CN(C)c1c(N)n(CC)c(=O)[nH]c1=O. The Balaban J connectivity index is 3.24. The van der Waals surface area contributed by atoms with Crippen molar-refractivity contribution in [2.45, 2.75) is 32.9 Å². The molecule has 0 aliphatic carbocycles. The summed E-state index contributed by atoms with van der Waals surface area (Å²) in [4.78, 5) is 27.1. The highest BCUT2D eigenvalue weighted by Crippen LogP contribution is 2.15. The third-order valence-corrected chi connectivity index (χ3v) is 2.87. The zero-order chi connectivity index (χ0) is 13.9. The van der Waals surface area contributed by atoms with Crippen molar-refractivity contribution in [1.29, 1.82) is 0 Å². The van der Waals surface area contributed by atoms with Crippen molar-refractivity contribution in [3.63, 3.8) is 0 Å². The molecule has 0 bridgehead atoms. The summed E-state index contributed by atoms with van der Waals surface area (Å²) in [5.74, 6) is 0.122. The summed E-state index contributed by atoms with van der Waals surface area (Å²) in [6.07, 6.45) is 0.0334. The molecule has 1 rings (SSSR count). The van der Waals surface area contributed by atoms with E-state index in [0.29, 0.717) is 13.0 Å². The van der Waals surface area contributed by atoms with Gasteiger partial charge in [0, 0.05) is 20.1 Å². The fourth-order valence-electron chi connectivity index (χ4n) is 1.80. The maximum Gasteiger partial charge on any atom is 0.330 e. The number of aromatic nitrogens is 2. The van der Waals surface area contributed by atoms with Crippen molar-refractivity contribution in [3.05, 3.63) is 20.8 Å². The molecule has 0 aliphatic heterocycles. The van der Waals surface area contributed by atoms with Gasteiger partial charge in [0.05, 0.1) is 6.10 Å². The normalized spacial score (nSPS) is 12.4. The summed E-state index contributed by atoms with van der Waals surface area (Å²) < 4.78 is 1.28. The van der Waals surface area contributed by atoms with Gasteiger partial charge in [-0.2, -0.15) is 0 Å². The van der Waals surface area contributed by atoms with E-state index in [0.717, 1.165) is 0 Å². The highest BCUT2D eigenvalue weighted by molar-refractivity contribution is 5.61. The van der Waals surface area contributed by atoms with Crippen LogP contribution in [0.25, 0.3) is 0 Å². The maximum atomic E-state index is 11.8. The van der Waals surface area contributed by atoms with E-state index in [1.54, 1.807) is 18.9 Å². The minimum atomic E-state index is -0.546. The maximum absolute atomic E-state index is 11.8. The van der Waals surface area contributed by atoms with E-state index in [2.05, 4.69) is 4.98 Å². The Morgan fingerprint density at radius 1 is 1.44 bits per heavy atom. The van der Waals surface area contributed by atoms with Crippen LogP contribution in [-0.4, -0.2) is 34.4 Å². The number of hydrogen-bond acceptors (Lipinski definition) is 5. The number of hydrogen-bond donors (Lipinski definition) is 3. The molecule has 18 heavy (non-hydrogen) atoms. The Kier molecular flexibility index (Phi) is 4.55. The van der Waals surface area contributed by atoms with E-state index in [1.165, 1.54) is 4.57 Å². The second kappa shape index (κ2) is 5.72. The summed E-state index contributed by atoms with van der Waals surface area (Å²) in [5.41, 5.74) is 4.99. The standard InChI is InChI=1S/C11H20N4O3/c1-4-7(16)6-14(3)8-9(12)15(5-2)11(18)13-10(8)17/h7,16H,4-6,12H2,1-3H3,(H,13,17,18)/t7-/m1/s1. The van der Waals surface area contributed by atoms with E-state index in [1.807, 2.05) is 6.92 Å². The Bertz CT molecular complexity index is 520. The van der Waals surface area contributed by atoms with Crippen LogP contribution < -0.4 is 21.9 Å². The summed E-state index contributed by atoms with van der Waals surface area (Å²) in [7, 11) is 1.66. The molecule has 0 saturated carbocycles. The molecule has 0 aromatic carbocycles. The lowest BCUT2D eigenvalue weighted by atomic mass is 10.2. The molecular formula is C11H20N4O3. The van der Waals surface area contributed by atoms with Crippen LogP contribution in [0.4, 0.5) is 11.5 Å². The van der Waals surface area contributed by atoms with Gasteiger partial charge in [-0.25, -0.2) is 4.79 Å². The minimum absolute atomic E-state index is 0.122. The Morgan fingerprint density at radius 3 is 2.56 bits per heavy atom. The number of nitrogens with one attached hydrogen (secondary N) is 1. The Morgan fingerprint density at radius 2 is 2.06 bits per heavy atom. The van der Waals surface area contributed by atoms with Crippen LogP contribution in [0.2, 0.25) is 0 Å². The van der Waals surface area contributed by atoms with Crippen molar-refractivity contribution in [3.8, 4) is 0 Å². The average Bonchev–Trinajstić information content (AvgIpc) is 2.28. The van der Waals surface area contributed by atoms with Crippen molar-refractivity contribution in [2.24, 2.45) is 0 Å². The fraction of sp³-hybridized carbons (Fsp3) is 0.636. The predicted octanol–water partition coefficient (Wildman–Crippen LogP) is -0.654. The molecule has 1 atom stereocenters. The largest absolute Gasteiger partial charge is 0.391 e. The minimum Gasteiger partial charge on any atom is -0.391 e. The van der Waals surface area contributed by atoms with E-state index < -0.39 is 17.4 Å². The van der Waals surface area contributed by atoms with Gasteiger partial charge >= 0.3 is 5.69 Å². The van der Waals surface area contributed by atoms with Gasteiger partial charge in [-0.05, 0) is 13.3 Å². The van der Waals surface area contributed by atoms with Crippen LogP contribution in [0.3, 0.4) is 0 Å². The van der Waals surface area contributed by atoms with Crippen LogP contribution in [0.5, 0.6) is 0 Å². The van der Waals surface area contributed by atoms with Crippen LogP contribution in [0.15, 0.2) is 9.59 Å². The molecule has 0 radical (unpaired) electrons. The zero-order valence-electron chi connectivity index (χ0n) is 10.9. The third kappa shape index (κ3) is 2.73. The van der Waals surface area contributed by atoms with E-state index in [-0.39, 0.29) is 18.1 Å². The molecule has 0 spiro atoms. The molecule has 0 unspecified atom stereocenters. The Hall–Kier alpha value is -1.76. The second-order valence-electron chi connectivity index (χ2n) is 4.18. The number of nitrogens with zero attached hydrogens (tertiary/aromatic N) is 2. The monoisotopic (exact) mass is 256 g/mol. The molecule has 7 nitrogen and oxygen atoms in total. The van der Waals surface area contributed by atoms with Crippen LogP contribution in [0, 0.1) is 0 Å². The Labute approximate surface area is 105 Å². The highest BCUT2D eigenvalue weighted by Gasteiger charge is 2.17. The van der Waals surface area contributed by atoms with Gasteiger partial charge in [0.1, 0.15) is 11.5 Å². The molecule has 1 aromatic rings. The summed E-state index contributed by atoms with van der Waals surface area (Å²) in [5, 5.41) is 9.59. The number of aromatic amines is 1. The second-order valence-corrected chi connectivity index (χ2v) is 4.18. The fourth-order valence-corrected chi connectivity index (χ4v) is 1.80. The van der Waals surface area contributed by atoms with E-state index in [9.17, 15) is 14.7 Å². The van der Waals surface area contributed by atoms with Gasteiger partial charge in [0.25, 0.3) is 5.56 Å². The number of anilines is 2. The number of aliphatic hydroxyl groups excluding tert-OH is 1. The summed E-state index contributed by atoms with van der Waals surface area (Å²) in [6, 6.07) is 0. The van der Waals surface area contributed by atoms with Crippen LogP contribution in [0.1, 0.15) is 20.3 Å².